The predicted molar refractivity (Wildman–Crippen MR) is 83.9 cm³/mol. The highest BCUT2D eigenvalue weighted by Crippen LogP contribution is 2.22. The van der Waals surface area contributed by atoms with Gasteiger partial charge in [-0.25, -0.2) is 13.1 Å². The van der Waals surface area contributed by atoms with Crippen LogP contribution in [0.25, 0.3) is 0 Å². The summed E-state index contributed by atoms with van der Waals surface area (Å²) in [5.41, 5.74) is 0. The van der Waals surface area contributed by atoms with Crippen molar-refractivity contribution in [2.45, 2.75) is 11.3 Å². The quantitative estimate of drug-likeness (QED) is 0.843. The molecule has 0 saturated heterocycles. The molecule has 1 aromatic heterocycles. The van der Waals surface area contributed by atoms with Crippen molar-refractivity contribution in [2.75, 3.05) is 13.7 Å². The first-order chi connectivity index (χ1) is 9.51. The van der Waals surface area contributed by atoms with E-state index in [1.165, 1.54) is 12.1 Å². The van der Waals surface area contributed by atoms with E-state index in [0.717, 1.165) is 8.66 Å². The largest absolute Gasteiger partial charge is 0.497 e. The molecule has 0 aliphatic rings. The van der Waals surface area contributed by atoms with E-state index in [0.29, 0.717) is 18.7 Å². The monoisotopic (exact) mass is 375 g/mol. The Bertz CT molecular complexity index is 665. The molecule has 0 spiro atoms. The minimum atomic E-state index is -3.46. The van der Waals surface area contributed by atoms with Crippen LogP contribution in [0.5, 0.6) is 5.75 Å². The Morgan fingerprint density at radius 3 is 2.45 bits per heavy atom. The first-order valence-electron chi connectivity index (χ1n) is 5.89. The zero-order chi connectivity index (χ0) is 14.6. The van der Waals surface area contributed by atoms with Crippen molar-refractivity contribution >= 4 is 37.3 Å². The maximum Gasteiger partial charge on any atom is 0.240 e. The number of nitrogens with one attached hydrogen (secondary N) is 1. The summed E-state index contributed by atoms with van der Waals surface area (Å²) in [6.07, 6.45) is 0.672. The summed E-state index contributed by atoms with van der Waals surface area (Å²) in [4.78, 5) is 1.37. The maximum absolute atomic E-state index is 12.1. The Labute approximate surface area is 131 Å². The topological polar surface area (TPSA) is 55.4 Å². The standard InChI is InChI=1S/C13H14BrNO3S2/c1-18-10-2-5-12(6-3-10)20(16,17)15-9-8-11-4-7-13(14)19-11/h2-7,15H,8-9H2,1H3. The van der Waals surface area contributed by atoms with Gasteiger partial charge in [-0.1, -0.05) is 0 Å². The Balaban J connectivity index is 1.96. The molecule has 1 N–H and O–H groups in total. The lowest BCUT2D eigenvalue weighted by molar-refractivity contribution is 0.414. The average molecular weight is 376 g/mol. The van der Waals surface area contributed by atoms with Gasteiger partial charge in [-0.2, -0.15) is 0 Å². The summed E-state index contributed by atoms with van der Waals surface area (Å²) in [6, 6.07) is 10.3. The fourth-order valence-corrected chi connectivity index (χ4v) is 4.15. The van der Waals surface area contributed by atoms with Crippen LogP contribution in [0.1, 0.15) is 4.88 Å². The molecular formula is C13H14BrNO3S2. The van der Waals surface area contributed by atoms with Crippen molar-refractivity contribution in [1.82, 2.24) is 4.72 Å². The van der Waals surface area contributed by atoms with E-state index in [2.05, 4.69) is 20.7 Å². The molecule has 1 heterocycles. The third kappa shape index (κ3) is 4.05. The van der Waals surface area contributed by atoms with E-state index < -0.39 is 10.0 Å². The fourth-order valence-electron chi connectivity index (χ4n) is 1.63. The van der Waals surface area contributed by atoms with E-state index in [9.17, 15) is 8.42 Å². The molecule has 0 atom stereocenters. The van der Waals surface area contributed by atoms with Gasteiger partial charge < -0.3 is 4.74 Å². The Morgan fingerprint density at radius 2 is 1.90 bits per heavy atom. The van der Waals surface area contributed by atoms with Crippen molar-refractivity contribution in [3.63, 3.8) is 0 Å². The van der Waals surface area contributed by atoms with Crippen molar-refractivity contribution in [1.29, 1.82) is 0 Å². The number of benzene rings is 1. The SMILES string of the molecule is COc1ccc(S(=O)(=O)NCCc2ccc(Br)s2)cc1. The molecule has 2 aromatic rings. The highest BCUT2D eigenvalue weighted by Gasteiger charge is 2.13. The first kappa shape index (κ1) is 15.5. The molecule has 20 heavy (non-hydrogen) atoms. The summed E-state index contributed by atoms with van der Waals surface area (Å²) in [6.45, 7) is 0.376. The number of rotatable bonds is 6. The van der Waals surface area contributed by atoms with E-state index >= 15 is 0 Å². The van der Waals surface area contributed by atoms with Gasteiger partial charge in [0.15, 0.2) is 0 Å². The third-order valence-corrected chi connectivity index (χ3v) is 5.82. The molecule has 0 bridgehead atoms. The van der Waals surface area contributed by atoms with Gasteiger partial charge in [-0.15, -0.1) is 11.3 Å². The van der Waals surface area contributed by atoms with Crippen molar-refractivity contribution in [3.05, 3.63) is 45.1 Å². The van der Waals surface area contributed by atoms with Crippen LogP contribution in [0, 0.1) is 0 Å². The average Bonchev–Trinajstić information content (AvgIpc) is 2.84. The zero-order valence-corrected chi connectivity index (χ0v) is 14.0. The second kappa shape index (κ2) is 6.71. The normalized spacial score (nSPS) is 11.5. The van der Waals surface area contributed by atoms with Gasteiger partial charge >= 0.3 is 0 Å². The van der Waals surface area contributed by atoms with Gasteiger partial charge in [0.1, 0.15) is 5.75 Å². The second-order valence-corrected chi connectivity index (χ2v) is 8.34. The Hall–Kier alpha value is -0.890. The lowest BCUT2D eigenvalue weighted by atomic mass is 10.3. The second-order valence-electron chi connectivity index (χ2n) is 4.03. The summed E-state index contributed by atoms with van der Waals surface area (Å²) in [5, 5.41) is 0. The molecule has 0 fully saturated rings. The molecule has 4 nitrogen and oxygen atoms in total. The van der Waals surface area contributed by atoms with Crippen LogP contribution in [0.3, 0.4) is 0 Å². The van der Waals surface area contributed by atoms with Crippen LogP contribution in [0.4, 0.5) is 0 Å². The van der Waals surface area contributed by atoms with Crippen LogP contribution in [-0.2, 0) is 16.4 Å². The van der Waals surface area contributed by atoms with E-state index in [1.807, 2.05) is 12.1 Å². The van der Waals surface area contributed by atoms with Gasteiger partial charge in [0.2, 0.25) is 10.0 Å². The van der Waals surface area contributed by atoms with Gasteiger partial charge in [-0.05, 0) is 58.7 Å². The molecule has 0 saturated carbocycles. The van der Waals surface area contributed by atoms with Crippen molar-refractivity contribution < 1.29 is 13.2 Å². The molecule has 0 aliphatic heterocycles. The summed E-state index contributed by atoms with van der Waals surface area (Å²) in [7, 11) is -1.92. The molecule has 2 rings (SSSR count). The fraction of sp³-hybridized carbons (Fsp3) is 0.231. The van der Waals surface area contributed by atoms with Crippen LogP contribution >= 0.6 is 27.3 Å². The summed E-state index contributed by atoms with van der Waals surface area (Å²) < 4.78 is 32.8. The number of hydrogen-bond donors (Lipinski definition) is 1. The molecule has 0 radical (unpaired) electrons. The van der Waals surface area contributed by atoms with Gasteiger partial charge in [0.05, 0.1) is 15.8 Å². The zero-order valence-electron chi connectivity index (χ0n) is 10.8. The van der Waals surface area contributed by atoms with E-state index in [4.69, 9.17) is 4.74 Å². The Morgan fingerprint density at radius 1 is 1.20 bits per heavy atom. The van der Waals surface area contributed by atoms with Crippen LogP contribution < -0.4 is 9.46 Å². The number of hydrogen-bond acceptors (Lipinski definition) is 4. The van der Waals surface area contributed by atoms with Crippen LogP contribution in [0.15, 0.2) is 45.1 Å². The smallest absolute Gasteiger partial charge is 0.240 e. The number of ether oxygens (including phenoxy) is 1. The Kier molecular flexibility index (Phi) is 5.20. The minimum absolute atomic E-state index is 0.241. The molecule has 0 amide bonds. The number of thiophene rings is 1. The van der Waals surface area contributed by atoms with Crippen LogP contribution in [-0.4, -0.2) is 22.1 Å². The van der Waals surface area contributed by atoms with Crippen molar-refractivity contribution in [2.24, 2.45) is 0 Å². The number of sulfonamides is 1. The summed E-state index contributed by atoms with van der Waals surface area (Å²) >= 11 is 4.99. The molecule has 1 aromatic carbocycles. The molecular weight excluding hydrogens is 362 g/mol. The maximum atomic E-state index is 12.1. The molecule has 7 heteroatoms. The van der Waals surface area contributed by atoms with Crippen LogP contribution in [0.2, 0.25) is 0 Å². The molecule has 108 valence electrons. The minimum Gasteiger partial charge on any atom is -0.497 e. The lowest BCUT2D eigenvalue weighted by Crippen LogP contribution is -2.25. The van der Waals surface area contributed by atoms with Crippen molar-refractivity contribution in [3.8, 4) is 5.75 Å². The first-order valence-corrected chi connectivity index (χ1v) is 8.98. The predicted octanol–water partition coefficient (Wildman–Crippen LogP) is 3.04. The van der Waals surface area contributed by atoms with Gasteiger partial charge in [0.25, 0.3) is 0 Å². The number of methoxy groups -OCH3 is 1. The van der Waals surface area contributed by atoms with Gasteiger partial charge in [-0.3, -0.25) is 0 Å². The third-order valence-electron chi connectivity index (χ3n) is 2.66. The van der Waals surface area contributed by atoms with E-state index in [-0.39, 0.29) is 4.90 Å². The number of halogens is 1. The lowest BCUT2D eigenvalue weighted by Gasteiger charge is -2.07. The molecule has 0 aliphatic carbocycles. The highest BCUT2D eigenvalue weighted by atomic mass is 79.9. The molecule has 0 unspecified atom stereocenters. The van der Waals surface area contributed by atoms with Gasteiger partial charge in [0, 0.05) is 11.4 Å². The van der Waals surface area contributed by atoms with E-state index in [1.54, 1.807) is 30.6 Å². The summed E-state index contributed by atoms with van der Waals surface area (Å²) in [5.74, 6) is 0.632. The highest BCUT2D eigenvalue weighted by molar-refractivity contribution is 9.11.